The van der Waals surface area contributed by atoms with E-state index < -0.39 is 0 Å². The summed E-state index contributed by atoms with van der Waals surface area (Å²) in [7, 11) is 0. The van der Waals surface area contributed by atoms with Gasteiger partial charge in [0.25, 0.3) is 0 Å². The predicted octanol–water partition coefficient (Wildman–Crippen LogP) is 5.51. The summed E-state index contributed by atoms with van der Waals surface area (Å²) in [5, 5.41) is 16.1. The van der Waals surface area contributed by atoms with Crippen molar-refractivity contribution in [1.82, 2.24) is 0 Å². The van der Waals surface area contributed by atoms with E-state index >= 15 is 0 Å². The highest BCUT2D eigenvalue weighted by Gasteiger charge is 1.98. The molecule has 154 valence electrons. The molecule has 0 bridgehead atoms. The van der Waals surface area contributed by atoms with Crippen LogP contribution >= 0.6 is 0 Å². The summed E-state index contributed by atoms with van der Waals surface area (Å²) in [4.78, 5) is 0. The van der Waals surface area contributed by atoms with Gasteiger partial charge in [-0.3, -0.25) is 5.41 Å². The van der Waals surface area contributed by atoms with Crippen LogP contribution in [-0.4, -0.2) is 17.5 Å². The number of nitrogens with two attached hydrogens (primary N) is 2. The fourth-order valence-corrected chi connectivity index (χ4v) is 2.10. The van der Waals surface area contributed by atoms with Crippen LogP contribution in [-0.2, 0) is 0 Å². The van der Waals surface area contributed by atoms with Crippen LogP contribution in [0.1, 0.15) is 51.2 Å². The standard InChI is InChI=1S/C17H19NO2.C4H10N2.C2H6/c1-13-12-15(9-10-17(13)19)20-11-5-4-7-14-6-2-3-8-16(14)18;1-2-3-4(5)6;1-2/h2-4,6-10,12,19H,5,11,18H2,1H3;2-3H2,1H3,(H3,5,6);1-2H3/b7-4-;;. The lowest BCUT2D eigenvalue weighted by Gasteiger charge is -2.06. The molecule has 6 N–H and O–H groups in total. The Bertz CT molecular complexity index is 728. The number of hydrogen-bond donors (Lipinski definition) is 4. The molecule has 5 heteroatoms. The van der Waals surface area contributed by atoms with Crippen LogP contribution in [0.4, 0.5) is 5.69 Å². The SMILES string of the molecule is CC.CCCC(=N)N.Cc1cc(OCC/C=C\c2ccccc2N)ccc1O. The van der Waals surface area contributed by atoms with E-state index in [1.54, 1.807) is 12.1 Å². The van der Waals surface area contributed by atoms with Crippen LogP contribution in [0.5, 0.6) is 11.5 Å². The monoisotopic (exact) mass is 385 g/mol. The average molecular weight is 386 g/mol. The van der Waals surface area contributed by atoms with E-state index in [0.29, 0.717) is 6.61 Å². The number of phenols is 1. The summed E-state index contributed by atoms with van der Waals surface area (Å²) in [6.45, 7) is 8.44. The minimum absolute atomic E-state index is 0.289. The Kier molecular flexibility index (Phi) is 13.5. The molecule has 0 spiro atoms. The third-order valence-electron chi connectivity index (χ3n) is 3.53. The maximum atomic E-state index is 9.43. The third-order valence-corrected chi connectivity index (χ3v) is 3.53. The zero-order valence-electron chi connectivity index (χ0n) is 17.5. The van der Waals surface area contributed by atoms with Gasteiger partial charge in [0.15, 0.2) is 0 Å². The molecule has 5 nitrogen and oxygen atoms in total. The van der Waals surface area contributed by atoms with E-state index in [4.69, 9.17) is 21.6 Å². The Labute approximate surface area is 169 Å². The maximum Gasteiger partial charge on any atom is 0.119 e. The molecule has 0 radical (unpaired) electrons. The number of nitrogens with one attached hydrogen (secondary N) is 1. The van der Waals surface area contributed by atoms with Crippen molar-refractivity contribution in [2.75, 3.05) is 12.3 Å². The van der Waals surface area contributed by atoms with Crippen LogP contribution < -0.4 is 16.2 Å². The summed E-state index contributed by atoms with van der Waals surface area (Å²) in [5.41, 5.74) is 13.5. The third kappa shape index (κ3) is 10.9. The number of benzene rings is 2. The minimum atomic E-state index is 0.289. The van der Waals surface area contributed by atoms with Gasteiger partial charge >= 0.3 is 0 Å². The molecule has 2 rings (SSSR count). The Balaban J connectivity index is 0.000000780. The highest BCUT2D eigenvalue weighted by molar-refractivity contribution is 5.76. The summed E-state index contributed by atoms with van der Waals surface area (Å²) >= 11 is 0. The lowest BCUT2D eigenvalue weighted by molar-refractivity contribution is 0.324. The highest BCUT2D eigenvalue weighted by Crippen LogP contribution is 2.21. The molecular formula is C23H35N3O2. The van der Waals surface area contributed by atoms with Gasteiger partial charge in [-0.05, 0) is 55.2 Å². The van der Waals surface area contributed by atoms with Gasteiger partial charge in [-0.1, -0.05) is 51.1 Å². The smallest absolute Gasteiger partial charge is 0.119 e. The van der Waals surface area contributed by atoms with Crippen molar-refractivity contribution in [2.24, 2.45) is 5.73 Å². The molecule has 0 fully saturated rings. The van der Waals surface area contributed by atoms with E-state index in [9.17, 15) is 5.11 Å². The van der Waals surface area contributed by atoms with Crippen molar-refractivity contribution in [1.29, 1.82) is 5.41 Å². The molecule has 0 aliphatic rings. The summed E-state index contributed by atoms with van der Waals surface area (Å²) < 4.78 is 5.62. The number of phenolic OH excluding ortho intramolecular Hbond substituents is 1. The van der Waals surface area contributed by atoms with Crippen molar-refractivity contribution in [2.45, 2.75) is 47.0 Å². The molecule has 0 unspecified atom stereocenters. The summed E-state index contributed by atoms with van der Waals surface area (Å²) in [6.07, 6.45) is 6.56. The first kappa shape index (κ1) is 25.1. The fraction of sp³-hybridized carbons (Fsp3) is 0.348. The van der Waals surface area contributed by atoms with Crippen molar-refractivity contribution in [3.8, 4) is 11.5 Å². The van der Waals surface area contributed by atoms with E-state index in [0.717, 1.165) is 41.8 Å². The van der Waals surface area contributed by atoms with Gasteiger partial charge in [0.1, 0.15) is 11.5 Å². The molecular weight excluding hydrogens is 350 g/mol. The first-order valence-corrected chi connectivity index (χ1v) is 9.70. The molecule has 0 aliphatic carbocycles. The van der Waals surface area contributed by atoms with Crippen molar-refractivity contribution < 1.29 is 9.84 Å². The molecule has 2 aromatic rings. The van der Waals surface area contributed by atoms with Crippen LogP contribution in [0.25, 0.3) is 6.08 Å². The van der Waals surface area contributed by atoms with E-state index in [2.05, 4.69) is 0 Å². The molecule has 0 aromatic heterocycles. The number of hydrogen-bond acceptors (Lipinski definition) is 4. The first-order chi connectivity index (χ1) is 13.4. The second-order valence-electron chi connectivity index (χ2n) is 5.89. The number of para-hydroxylation sites is 1. The molecule has 28 heavy (non-hydrogen) atoms. The van der Waals surface area contributed by atoms with Gasteiger partial charge in [-0.2, -0.15) is 0 Å². The number of aryl methyl sites for hydroxylation is 1. The normalized spacial score (nSPS) is 9.71. The minimum Gasteiger partial charge on any atom is -0.508 e. The number of aromatic hydroxyl groups is 1. The largest absolute Gasteiger partial charge is 0.508 e. The Morgan fingerprint density at radius 3 is 2.39 bits per heavy atom. The number of nitrogen functional groups attached to an aromatic ring is 1. The predicted molar refractivity (Wildman–Crippen MR) is 121 cm³/mol. The second kappa shape index (κ2) is 15.1. The molecule has 0 amide bonds. The Morgan fingerprint density at radius 1 is 1.18 bits per heavy atom. The van der Waals surface area contributed by atoms with Crippen LogP contribution in [0.3, 0.4) is 0 Å². The van der Waals surface area contributed by atoms with Crippen molar-refractivity contribution >= 4 is 17.6 Å². The van der Waals surface area contributed by atoms with Gasteiger partial charge in [-0.15, -0.1) is 0 Å². The average Bonchev–Trinajstić information content (AvgIpc) is 2.68. The number of amidine groups is 1. The first-order valence-electron chi connectivity index (χ1n) is 9.70. The lowest BCUT2D eigenvalue weighted by atomic mass is 10.1. The fourth-order valence-electron chi connectivity index (χ4n) is 2.10. The van der Waals surface area contributed by atoms with Crippen LogP contribution in [0, 0.1) is 12.3 Å². The van der Waals surface area contributed by atoms with Gasteiger partial charge < -0.3 is 21.3 Å². The van der Waals surface area contributed by atoms with Crippen LogP contribution in [0.15, 0.2) is 48.5 Å². The van der Waals surface area contributed by atoms with Gasteiger partial charge in [0, 0.05) is 12.1 Å². The topological polar surface area (TPSA) is 105 Å². The molecule has 0 heterocycles. The zero-order valence-corrected chi connectivity index (χ0v) is 17.5. The molecule has 0 atom stereocenters. The van der Waals surface area contributed by atoms with Gasteiger partial charge in [0.2, 0.25) is 0 Å². The number of ether oxygens (including phenoxy) is 1. The quantitative estimate of drug-likeness (QED) is 0.218. The maximum absolute atomic E-state index is 9.43. The van der Waals surface area contributed by atoms with Crippen LogP contribution in [0.2, 0.25) is 0 Å². The molecule has 2 aromatic carbocycles. The van der Waals surface area contributed by atoms with Crippen molar-refractivity contribution in [3.63, 3.8) is 0 Å². The van der Waals surface area contributed by atoms with Crippen molar-refractivity contribution in [3.05, 3.63) is 59.7 Å². The van der Waals surface area contributed by atoms with E-state index in [1.165, 1.54) is 0 Å². The molecule has 0 saturated heterocycles. The highest BCUT2D eigenvalue weighted by atomic mass is 16.5. The Hall–Kier alpha value is -2.95. The zero-order chi connectivity index (χ0) is 21.4. The Morgan fingerprint density at radius 2 is 1.86 bits per heavy atom. The van der Waals surface area contributed by atoms with Gasteiger partial charge in [0.05, 0.1) is 12.4 Å². The lowest BCUT2D eigenvalue weighted by Crippen LogP contribution is -2.07. The van der Waals surface area contributed by atoms with E-state index in [-0.39, 0.29) is 11.6 Å². The summed E-state index contributed by atoms with van der Waals surface area (Å²) in [5.74, 6) is 1.35. The number of anilines is 1. The van der Waals surface area contributed by atoms with E-state index in [1.807, 2.05) is 70.2 Å². The number of rotatable bonds is 7. The molecule has 0 aliphatic heterocycles. The second-order valence-corrected chi connectivity index (χ2v) is 5.89. The van der Waals surface area contributed by atoms with Gasteiger partial charge in [-0.25, -0.2) is 0 Å². The molecule has 0 saturated carbocycles. The summed E-state index contributed by atoms with van der Waals surface area (Å²) in [6, 6.07) is 13.0.